The van der Waals surface area contributed by atoms with E-state index in [1.807, 2.05) is 19.1 Å². The van der Waals surface area contributed by atoms with Crippen LogP contribution < -0.4 is 0 Å². The highest BCUT2D eigenvalue weighted by molar-refractivity contribution is 5.93. The Balaban J connectivity index is 2.79. The van der Waals surface area contributed by atoms with Crippen LogP contribution in [0.3, 0.4) is 0 Å². The third-order valence-corrected chi connectivity index (χ3v) is 2.01. The van der Waals surface area contributed by atoms with E-state index >= 15 is 0 Å². The standard InChI is InChI=1S/C12H13N3O2/c1-3-17-12(16)10(7-13)8-15-11-9(2)5-4-6-14-11/h4-6,8,10H,3H2,1-2H3. The second-order valence-electron chi connectivity index (χ2n) is 3.28. The van der Waals surface area contributed by atoms with Gasteiger partial charge in [-0.3, -0.25) is 4.79 Å². The molecule has 5 heteroatoms. The van der Waals surface area contributed by atoms with E-state index in [1.54, 1.807) is 19.2 Å². The Labute approximate surface area is 99.8 Å². The molecule has 0 saturated carbocycles. The molecule has 1 heterocycles. The van der Waals surface area contributed by atoms with Crippen molar-refractivity contribution in [2.24, 2.45) is 10.9 Å². The molecule has 1 aromatic rings. The van der Waals surface area contributed by atoms with Gasteiger partial charge in [-0.1, -0.05) is 6.07 Å². The van der Waals surface area contributed by atoms with Gasteiger partial charge in [0.25, 0.3) is 0 Å². The first-order chi connectivity index (χ1) is 8.19. The van der Waals surface area contributed by atoms with Crippen molar-refractivity contribution in [2.75, 3.05) is 6.61 Å². The number of ether oxygens (including phenoxy) is 1. The molecule has 0 N–H and O–H groups in total. The first kappa shape index (κ1) is 12.8. The van der Waals surface area contributed by atoms with Crippen LogP contribution in [0.4, 0.5) is 5.82 Å². The van der Waals surface area contributed by atoms with Gasteiger partial charge in [0.15, 0.2) is 11.7 Å². The molecule has 0 aliphatic rings. The van der Waals surface area contributed by atoms with Crippen molar-refractivity contribution in [3.8, 4) is 6.07 Å². The Kier molecular flexibility index (Phi) is 4.82. The summed E-state index contributed by atoms with van der Waals surface area (Å²) in [6, 6.07) is 5.47. The lowest BCUT2D eigenvalue weighted by Gasteiger charge is -2.03. The number of nitrogens with zero attached hydrogens (tertiary/aromatic N) is 3. The van der Waals surface area contributed by atoms with Crippen LogP contribution in [-0.2, 0) is 9.53 Å². The van der Waals surface area contributed by atoms with Crippen LogP contribution in [0.25, 0.3) is 0 Å². The Morgan fingerprint density at radius 2 is 2.53 bits per heavy atom. The summed E-state index contributed by atoms with van der Waals surface area (Å²) in [6.45, 7) is 3.78. The number of hydrogen-bond donors (Lipinski definition) is 0. The molecule has 1 unspecified atom stereocenters. The molecule has 0 saturated heterocycles. The summed E-state index contributed by atoms with van der Waals surface area (Å²) >= 11 is 0. The van der Waals surface area contributed by atoms with Crippen LogP contribution in [0.15, 0.2) is 23.3 Å². The Bertz CT molecular complexity index is 463. The summed E-state index contributed by atoms with van der Waals surface area (Å²) in [7, 11) is 0. The number of pyridine rings is 1. The van der Waals surface area contributed by atoms with E-state index < -0.39 is 11.9 Å². The molecule has 0 radical (unpaired) electrons. The number of rotatable bonds is 4. The number of aromatic nitrogens is 1. The van der Waals surface area contributed by atoms with E-state index in [0.29, 0.717) is 5.82 Å². The zero-order valence-electron chi connectivity index (χ0n) is 9.75. The lowest BCUT2D eigenvalue weighted by atomic mass is 10.2. The zero-order valence-corrected chi connectivity index (χ0v) is 9.75. The average molecular weight is 231 g/mol. The predicted molar refractivity (Wildman–Crippen MR) is 62.9 cm³/mol. The molecule has 88 valence electrons. The smallest absolute Gasteiger partial charge is 0.328 e. The van der Waals surface area contributed by atoms with E-state index in [9.17, 15) is 4.79 Å². The molecule has 0 fully saturated rings. The first-order valence-corrected chi connectivity index (χ1v) is 5.21. The van der Waals surface area contributed by atoms with Gasteiger partial charge >= 0.3 is 5.97 Å². The van der Waals surface area contributed by atoms with Gasteiger partial charge in [0.05, 0.1) is 12.7 Å². The highest BCUT2D eigenvalue weighted by Gasteiger charge is 2.16. The molecule has 17 heavy (non-hydrogen) atoms. The van der Waals surface area contributed by atoms with Crippen LogP contribution in [0.1, 0.15) is 12.5 Å². The predicted octanol–water partition coefficient (Wildman–Crippen LogP) is 1.80. The number of nitriles is 1. The fourth-order valence-electron chi connectivity index (χ4n) is 1.14. The van der Waals surface area contributed by atoms with Crippen LogP contribution >= 0.6 is 0 Å². The highest BCUT2D eigenvalue weighted by atomic mass is 16.5. The van der Waals surface area contributed by atoms with Crippen molar-refractivity contribution >= 4 is 18.0 Å². The molecule has 5 nitrogen and oxygen atoms in total. The van der Waals surface area contributed by atoms with Crippen molar-refractivity contribution in [3.63, 3.8) is 0 Å². The third kappa shape index (κ3) is 3.68. The first-order valence-electron chi connectivity index (χ1n) is 5.21. The highest BCUT2D eigenvalue weighted by Crippen LogP contribution is 2.13. The summed E-state index contributed by atoms with van der Waals surface area (Å²) in [5, 5.41) is 8.81. The minimum absolute atomic E-state index is 0.244. The average Bonchev–Trinajstić information content (AvgIpc) is 2.32. The maximum atomic E-state index is 11.3. The van der Waals surface area contributed by atoms with Gasteiger partial charge < -0.3 is 4.74 Å². The van der Waals surface area contributed by atoms with Crippen molar-refractivity contribution in [2.45, 2.75) is 13.8 Å². The number of hydrogen-bond acceptors (Lipinski definition) is 5. The number of carbonyl (C=O) groups is 1. The fourth-order valence-corrected chi connectivity index (χ4v) is 1.14. The number of aryl methyl sites for hydroxylation is 1. The Morgan fingerprint density at radius 3 is 3.12 bits per heavy atom. The molecule has 0 bridgehead atoms. The molecule has 0 aliphatic heterocycles. The van der Waals surface area contributed by atoms with E-state index in [2.05, 4.69) is 9.98 Å². The zero-order chi connectivity index (χ0) is 12.7. The summed E-state index contributed by atoms with van der Waals surface area (Å²) in [5.74, 6) is -1.08. The monoisotopic (exact) mass is 231 g/mol. The molecule has 1 aromatic heterocycles. The van der Waals surface area contributed by atoms with Gasteiger partial charge in [0, 0.05) is 12.4 Å². The summed E-state index contributed by atoms with van der Waals surface area (Å²) in [6.07, 6.45) is 2.86. The second-order valence-corrected chi connectivity index (χ2v) is 3.28. The quantitative estimate of drug-likeness (QED) is 0.584. The van der Waals surface area contributed by atoms with E-state index in [-0.39, 0.29) is 6.61 Å². The molecular formula is C12H13N3O2. The Morgan fingerprint density at radius 1 is 1.76 bits per heavy atom. The number of esters is 1. The van der Waals surface area contributed by atoms with Gasteiger partial charge in [-0.2, -0.15) is 5.26 Å². The summed E-state index contributed by atoms with van der Waals surface area (Å²) in [5.41, 5.74) is 0.879. The second kappa shape index (κ2) is 6.38. The van der Waals surface area contributed by atoms with Crippen molar-refractivity contribution in [3.05, 3.63) is 23.9 Å². The molecular weight excluding hydrogens is 218 g/mol. The van der Waals surface area contributed by atoms with Gasteiger partial charge in [-0.25, -0.2) is 9.98 Å². The van der Waals surface area contributed by atoms with Crippen LogP contribution in [0.2, 0.25) is 0 Å². The largest absolute Gasteiger partial charge is 0.465 e. The minimum atomic E-state index is -0.989. The van der Waals surface area contributed by atoms with Crippen LogP contribution in [0, 0.1) is 24.2 Å². The normalized spacial score (nSPS) is 12.1. The number of aliphatic imine (C=N–C) groups is 1. The minimum Gasteiger partial charge on any atom is -0.465 e. The molecule has 0 spiro atoms. The molecule has 0 aromatic carbocycles. The SMILES string of the molecule is CCOC(=O)C(C#N)C=Nc1ncccc1C. The van der Waals surface area contributed by atoms with Crippen LogP contribution in [0.5, 0.6) is 0 Å². The maximum absolute atomic E-state index is 11.3. The topological polar surface area (TPSA) is 75.3 Å². The van der Waals surface area contributed by atoms with Crippen molar-refractivity contribution in [1.29, 1.82) is 5.26 Å². The summed E-state index contributed by atoms with van der Waals surface area (Å²) in [4.78, 5) is 19.4. The van der Waals surface area contributed by atoms with Crippen molar-refractivity contribution in [1.82, 2.24) is 4.98 Å². The number of carbonyl (C=O) groups excluding carboxylic acids is 1. The molecule has 1 rings (SSSR count). The van der Waals surface area contributed by atoms with Crippen LogP contribution in [-0.4, -0.2) is 23.8 Å². The third-order valence-electron chi connectivity index (χ3n) is 2.01. The van der Waals surface area contributed by atoms with Gasteiger partial charge in [0.1, 0.15) is 0 Å². The van der Waals surface area contributed by atoms with E-state index in [0.717, 1.165) is 5.56 Å². The lowest BCUT2D eigenvalue weighted by Crippen LogP contribution is -2.17. The molecule has 1 atom stereocenters. The fraction of sp³-hybridized carbons (Fsp3) is 0.333. The maximum Gasteiger partial charge on any atom is 0.328 e. The van der Waals surface area contributed by atoms with E-state index in [1.165, 1.54) is 6.21 Å². The lowest BCUT2D eigenvalue weighted by molar-refractivity contribution is -0.143. The van der Waals surface area contributed by atoms with Gasteiger partial charge in [0.2, 0.25) is 0 Å². The summed E-state index contributed by atoms with van der Waals surface area (Å²) < 4.78 is 4.74. The van der Waals surface area contributed by atoms with E-state index in [4.69, 9.17) is 10.00 Å². The molecule has 0 amide bonds. The van der Waals surface area contributed by atoms with Crippen molar-refractivity contribution < 1.29 is 9.53 Å². The Hall–Kier alpha value is -2.22. The van der Waals surface area contributed by atoms with Gasteiger partial charge in [-0.05, 0) is 25.5 Å². The van der Waals surface area contributed by atoms with Gasteiger partial charge in [-0.15, -0.1) is 0 Å². The molecule has 0 aliphatic carbocycles.